The average Bonchev–Trinajstić information content (AvgIpc) is 3.18. The van der Waals surface area contributed by atoms with Gasteiger partial charge >= 0.3 is 0 Å². The number of hydrogen-bond acceptors (Lipinski definition) is 2. The third-order valence-corrected chi connectivity index (χ3v) is 6.36. The maximum absolute atomic E-state index is 13.0. The number of nitrogens with zero attached hydrogens (tertiary/aromatic N) is 2. The van der Waals surface area contributed by atoms with E-state index in [0.717, 1.165) is 36.3 Å². The normalized spacial score (nSPS) is 22.8. The van der Waals surface area contributed by atoms with E-state index in [1.165, 1.54) is 12.0 Å². The molecule has 3 nitrogen and oxygen atoms in total. The van der Waals surface area contributed by atoms with E-state index in [0.29, 0.717) is 11.2 Å². The maximum Gasteiger partial charge on any atom is 0.0649 e. The van der Waals surface area contributed by atoms with E-state index in [1.807, 2.05) is 23.0 Å². The van der Waals surface area contributed by atoms with E-state index >= 15 is 0 Å². The van der Waals surface area contributed by atoms with Crippen molar-refractivity contribution in [1.29, 1.82) is 0 Å². The fraction of sp³-hybridized carbons (Fsp3) is 0.500. The summed E-state index contributed by atoms with van der Waals surface area (Å²) in [6, 6.07) is 8.17. The summed E-state index contributed by atoms with van der Waals surface area (Å²) in [5.41, 5.74) is 2.27. The van der Waals surface area contributed by atoms with E-state index in [-0.39, 0.29) is 0 Å². The molecule has 1 fully saturated rings. The second-order valence-corrected chi connectivity index (χ2v) is 8.03. The summed E-state index contributed by atoms with van der Waals surface area (Å²) < 4.78 is 14.8. The molecule has 0 N–H and O–H groups in total. The van der Waals surface area contributed by atoms with Crippen LogP contribution in [0, 0.1) is 5.92 Å². The molecule has 1 aliphatic rings. The van der Waals surface area contributed by atoms with Crippen LogP contribution in [0.15, 0.2) is 41.6 Å². The summed E-state index contributed by atoms with van der Waals surface area (Å²) in [6.45, 7) is 4.44. The lowest BCUT2D eigenvalue weighted by atomic mass is 10.1. The zero-order valence-electron chi connectivity index (χ0n) is 13.4. The minimum absolute atomic E-state index is 0.334. The lowest BCUT2D eigenvalue weighted by Gasteiger charge is -2.15. The summed E-state index contributed by atoms with van der Waals surface area (Å²) in [5, 5.41) is 4.62. The fourth-order valence-corrected chi connectivity index (χ4v) is 5.15. The van der Waals surface area contributed by atoms with Crippen molar-refractivity contribution in [3.05, 3.63) is 42.2 Å². The Morgan fingerprint density at radius 3 is 2.86 bits per heavy atom. The molecule has 1 aromatic heterocycles. The van der Waals surface area contributed by atoms with Crippen molar-refractivity contribution in [3.63, 3.8) is 0 Å². The fourth-order valence-electron chi connectivity index (χ4n) is 3.32. The smallest absolute Gasteiger partial charge is 0.0649 e. The lowest BCUT2D eigenvalue weighted by molar-refractivity contribution is 0.609. The SMILES string of the molecule is CCCc1cc(-n2cccn2)ccc1S(=O)[C@H]1CC[C@@H](C)C1. The van der Waals surface area contributed by atoms with Crippen LogP contribution in [0.4, 0.5) is 0 Å². The van der Waals surface area contributed by atoms with Gasteiger partial charge < -0.3 is 0 Å². The van der Waals surface area contributed by atoms with Crippen molar-refractivity contribution in [3.8, 4) is 5.69 Å². The summed E-state index contributed by atoms with van der Waals surface area (Å²) in [7, 11) is -0.877. The number of benzene rings is 1. The van der Waals surface area contributed by atoms with Gasteiger partial charge in [-0.2, -0.15) is 5.10 Å². The van der Waals surface area contributed by atoms with E-state index < -0.39 is 10.8 Å². The van der Waals surface area contributed by atoms with Crippen LogP contribution in [-0.2, 0) is 17.2 Å². The Balaban J connectivity index is 1.91. The molecule has 0 aliphatic heterocycles. The quantitative estimate of drug-likeness (QED) is 0.831. The number of aromatic nitrogens is 2. The van der Waals surface area contributed by atoms with Gasteiger partial charge in [0.1, 0.15) is 0 Å². The summed E-state index contributed by atoms with van der Waals surface area (Å²) >= 11 is 0. The Kier molecular flexibility index (Phi) is 4.77. The van der Waals surface area contributed by atoms with Crippen LogP contribution in [0.5, 0.6) is 0 Å². The molecular formula is C18H24N2OS. The van der Waals surface area contributed by atoms with Gasteiger partial charge in [0.05, 0.1) is 16.5 Å². The first-order valence-corrected chi connectivity index (χ1v) is 9.44. The van der Waals surface area contributed by atoms with Gasteiger partial charge in [-0.05, 0) is 61.4 Å². The first-order valence-electron chi connectivity index (χ1n) is 8.22. The van der Waals surface area contributed by atoms with Crippen LogP contribution < -0.4 is 0 Å². The van der Waals surface area contributed by atoms with E-state index in [1.54, 1.807) is 6.20 Å². The van der Waals surface area contributed by atoms with E-state index in [4.69, 9.17) is 0 Å². The highest BCUT2D eigenvalue weighted by atomic mass is 32.2. The second kappa shape index (κ2) is 6.78. The Bertz CT molecular complexity index is 651. The monoisotopic (exact) mass is 316 g/mol. The summed E-state index contributed by atoms with van der Waals surface area (Å²) in [4.78, 5) is 1.04. The molecule has 1 unspecified atom stereocenters. The van der Waals surface area contributed by atoms with Crippen molar-refractivity contribution in [2.75, 3.05) is 0 Å². The first-order chi connectivity index (χ1) is 10.7. The topological polar surface area (TPSA) is 34.9 Å². The molecule has 1 aliphatic carbocycles. The van der Waals surface area contributed by atoms with Gasteiger partial charge in [-0.15, -0.1) is 0 Å². The predicted molar refractivity (Wildman–Crippen MR) is 90.8 cm³/mol. The molecule has 3 rings (SSSR count). The van der Waals surface area contributed by atoms with Gasteiger partial charge in [0, 0.05) is 22.5 Å². The molecule has 3 atom stereocenters. The van der Waals surface area contributed by atoms with Crippen LogP contribution in [0.1, 0.15) is 45.1 Å². The molecular weight excluding hydrogens is 292 g/mol. The van der Waals surface area contributed by atoms with Crippen LogP contribution >= 0.6 is 0 Å². The minimum Gasteiger partial charge on any atom is -0.254 e. The van der Waals surface area contributed by atoms with Crippen molar-refractivity contribution >= 4 is 10.8 Å². The Labute approximate surface area is 135 Å². The Morgan fingerprint density at radius 2 is 2.23 bits per heavy atom. The highest BCUT2D eigenvalue weighted by Crippen LogP contribution is 2.33. The van der Waals surface area contributed by atoms with E-state index in [2.05, 4.69) is 31.1 Å². The standard InChI is InChI=1S/C18H24N2OS/c1-3-5-15-13-16(20-11-4-10-19-20)7-9-18(15)22(21)17-8-6-14(2)12-17/h4,7,9-11,13-14,17H,3,5-6,8,12H2,1-2H3/t14-,17+,22?/m1/s1. The Hall–Kier alpha value is -1.42. The molecule has 2 aromatic rings. The molecule has 0 saturated heterocycles. The summed E-state index contributed by atoms with van der Waals surface area (Å²) in [5.74, 6) is 0.715. The van der Waals surface area contributed by atoms with Gasteiger partial charge in [-0.25, -0.2) is 4.68 Å². The highest BCUT2D eigenvalue weighted by Gasteiger charge is 2.28. The number of hydrogen-bond donors (Lipinski definition) is 0. The van der Waals surface area contributed by atoms with Crippen molar-refractivity contribution in [2.45, 2.75) is 56.1 Å². The molecule has 1 heterocycles. The lowest BCUT2D eigenvalue weighted by Crippen LogP contribution is -2.13. The molecule has 0 amide bonds. The largest absolute Gasteiger partial charge is 0.254 e. The number of aryl methyl sites for hydroxylation is 1. The first kappa shape index (κ1) is 15.5. The van der Waals surface area contributed by atoms with Crippen molar-refractivity contribution in [1.82, 2.24) is 9.78 Å². The molecule has 118 valence electrons. The van der Waals surface area contributed by atoms with Gasteiger partial charge in [0.25, 0.3) is 0 Å². The van der Waals surface area contributed by atoms with E-state index in [9.17, 15) is 4.21 Å². The third-order valence-electron chi connectivity index (χ3n) is 4.50. The molecule has 0 bridgehead atoms. The molecule has 1 aromatic carbocycles. The zero-order chi connectivity index (χ0) is 15.5. The number of rotatable bonds is 5. The summed E-state index contributed by atoms with van der Waals surface area (Å²) in [6.07, 6.45) is 9.17. The highest BCUT2D eigenvalue weighted by molar-refractivity contribution is 7.85. The third kappa shape index (κ3) is 3.17. The minimum atomic E-state index is -0.877. The zero-order valence-corrected chi connectivity index (χ0v) is 14.2. The molecule has 0 spiro atoms. The van der Waals surface area contributed by atoms with Crippen LogP contribution in [0.2, 0.25) is 0 Å². The van der Waals surface area contributed by atoms with Gasteiger partial charge in [0.2, 0.25) is 0 Å². The van der Waals surface area contributed by atoms with Crippen molar-refractivity contribution < 1.29 is 4.21 Å². The molecule has 0 radical (unpaired) electrons. The van der Waals surface area contributed by atoms with Crippen LogP contribution in [0.25, 0.3) is 5.69 Å². The Morgan fingerprint density at radius 1 is 1.36 bits per heavy atom. The molecule has 22 heavy (non-hydrogen) atoms. The molecule has 4 heteroatoms. The van der Waals surface area contributed by atoms with Crippen LogP contribution in [-0.4, -0.2) is 19.2 Å². The van der Waals surface area contributed by atoms with Gasteiger partial charge in [-0.1, -0.05) is 20.3 Å². The second-order valence-electron chi connectivity index (χ2n) is 6.33. The van der Waals surface area contributed by atoms with Gasteiger partial charge in [-0.3, -0.25) is 4.21 Å². The van der Waals surface area contributed by atoms with Crippen molar-refractivity contribution in [2.24, 2.45) is 5.92 Å². The maximum atomic E-state index is 13.0. The average molecular weight is 316 g/mol. The molecule has 1 saturated carbocycles. The predicted octanol–water partition coefficient (Wildman–Crippen LogP) is 4.12. The van der Waals surface area contributed by atoms with Crippen LogP contribution in [0.3, 0.4) is 0 Å². The van der Waals surface area contributed by atoms with Gasteiger partial charge in [0.15, 0.2) is 0 Å².